The van der Waals surface area contributed by atoms with E-state index in [0.29, 0.717) is 13.0 Å². The van der Waals surface area contributed by atoms with Crippen LogP contribution in [0.2, 0.25) is 0 Å². The molecule has 2 amide bonds. The molecule has 92 valence electrons. The first-order chi connectivity index (χ1) is 8.70. The first kappa shape index (κ1) is 11.2. The summed E-state index contributed by atoms with van der Waals surface area (Å²) in [5.41, 5.74) is 0.349. The van der Waals surface area contributed by atoms with Gasteiger partial charge in [-0.1, -0.05) is 42.5 Å². The van der Waals surface area contributed by atoms with Crippen molar-refractivity contribution in [1.82, 2.24) is 4.90 Å². The summed E-state index contributed by atoms with van der Waals surface area (Å²) >= 11 is 0. The van der Waals surface area contributed by atoms with E-state index in [1.807, 2.05) is 49.5 Å². The fraction of sp³-hybridized carbons (Fsp3) is 0.333. The molecule has 0 aromatic heterocycles. The lowest BCUT2D eigenvalue weighted by atomic mass is 9.62. The first-order valence-corrected chi connectivity index (χ1v) is 6.30. The Labute approximate surface area is 106 Å². The van der Waals surface area contributed by atoms with Gasteiger partial charge in [-0.25, -0.2) is 0 Å². The quantitative estimate of drug-likeness (QED) is 0.658. The summed E-state index contributed by atoms with van der Waals surface area (Å²) in [5, 5.41) is 0. The molecule has 3 heteroatoms. The van der Waals surface area contributed by atoms with Gasteiger partial charge in [0.15, 0.2) is 0 Å². The molecule has 0 N–H and O–H groups in total. The summed E-state index contributed by atoms with van der Waals surface area (Å²) in [6.07, 6.45) is 14.1. The van der Waals surface area contributed by atoms with E-state index >= 15 is 0 Å². The number of imide groups is 1. The van der Waals surface area contributed by atoms with Gasteiger partial charge in [-0.15, -0.1) is 0 Å². The molecule has 1 heterocycles. The summed E-state index contributed by atoms with van der Waals surface area (Å²) in [7, 11) is 0. The van der Waals surface area contributed by atoms with Crippen LogP contribution in [0.15, 0.2) is 48.1 Å². The molecule has 1 saturated heterocycles. The van der Waals surface area contributed by atoms with Gasteiger partial charge in [-0.05, 0) is 12.5 Å². The molecule has 1 aliphatic heterocycles. The van der Waals surface area contributed by atoms with Gasteiger partial charge < -0.3 is 0 Å². The minimum Gasteiger partial charge on any atom is -0.282 e. The monoisotopic (exact) mass is 241 g/mol. The fourth-order valence-corrected chi connectivity index (χ4v) is 3.11. The van der Waals surface area contributed by atoms with Gasteiger partial charge in [0, 0.05) is 18.9 Å². The number of nitrogens with zero attached hydrogens (tertiary/aromatic N) is 1. The van der Waals surface area contributed by atoms with E-state index in [1.54, 1.807) is 0 Å². The maximum atomic E-state index is 12.7. The second kappa shape index (κ2) is 3.80. The normalized spacial score (nSPS) is 33.3. The third kappa shape index (κ3) is 1.24. The van der Waals surface area contributed by atoms with Crippen LogP contribution in [0.5, 0.6) is 0 Å². The minimum absolute atomic E-state index is 0.0403. The molecule has 0 saturated carbocycles. The predicted octanol–water partition coefficient (Wildman–Crippen LogP) is 1.99. The summed E-state index contributed by atoms with van der Waals surface area (Å²) in [4.78, 5) is 26.1. The highest BCUT2D eigenvalue weighted by Gasteiger charge is 2.53. The maximum Gasteiger partial charge on any atom is 0.244 e. The molecular weight excluding hydrogens is 226 g/mol. The molecule has 0 bridgehead atoms. The van der Waals surface area contributed by atoms with E-state index in [1.165, 1.54) is 4.90 Å². The lowest BCUT2D eigenvalue weighted by Crippen LogP contribution is -2.56. The van der Waals surface area contributed by atoms with Crippen molar-refractivity contribution < 1.29 is 9.59 Å². The average Bonchev–Trinajstić information content (AvgIpc) is 2.39. The number of hydrogen-bond acceptors (Lipinski definition) is 2. The number of carbonyl (C=O) groups excluding carboxylic acids is 2. The van der Waals surface area contributed by atoms with Gasteiger partial charge >= 0.3 is 0 Å². The number of piperidine rings is 1. The molecule has 0 radical (unpaired) electrons. The number of hydrogen-bond donors (Lipinski definition) is 0. The summed E-state index contributed by atoms with van der Waals surface area (Å²) in [5.74, 6) is -0.184. The Balaban J connectivity index is 2.15. The first-order valence-electron chi connectivity index (χ1n) is 6.30. The third-order valence-corrected chi connectivity index (χ3v) is 4.04. The van der Waals surface area contributed by atoms with Crippen molar-refractivity contribution in [2.75, 3.05) is 6.54 Å². The molecule has 1 fully saturated rings. The molecule has 3 aliphatic rings. The summed E-state index contributed by atoms with van der Waals surface area (Å²) in [6, 6.07) is 0. The molecule has 0 aromatic carbocycles. The van der Waals surface area contributed by atoms with Crippen LogP contribution in [-0.2, 0) is 9.59 Å². The molecule has 2 unspecified atom stereocenters. The second-order valence-corrected chi connectivity index (χ2v) is 4.85. The van der Waals surface area contributed by atoms with Crippen molar-refractivity contribution in [2.24, 2.45) is 11.3 Å². The van der Waals surface area contributed by atoms with Crippen molar-refractivity contribution in [3.05, 3.63) is 48.1 Å². The number of rotatable bonds is 1. The standard InChI is InChI=1S/C15H15NO2/c1-2-16-13(17)10-12-8-5-7-11-6-3-4-9-15(11,12)14(16)18/h3-9,12H,2,10H2,1H3. The van der Waals surface area contributed by atoms with Gasteiger partial charge in [0.1, 0.15) is 0 Å². The Morgan fingerprint density at radius 1 is 1.33 bits per heavy atom. The Morgan fingerprint density at radius 3 is 2.94 bits per heavy atom. The summed E-state index contributed by atoms with van der Waals surface area (Å²) in [6.45, 7) is 2.29. The Morgan fingerprint density at radius 2 is 2.17 bits per heavy atom. The SMILES string of the molecule is CCN1C(=O)CC2C=CC=C3C=CC=CC32C1=O. The van der Waals surface area contributed by atoms with Crippen LogP contribution >= 0.6 is 0 Å². The zero-order valence-electron chi connectivity index (χ0n) is 10.3. The highest BCUT2D eigenvalue weighted by molar-refractivity contribution is 6.05. The van der Waals surface area contributed by atoms with E-state index in [4.69, 9.17) is 0 Å². The van der Waals surface area contributed by atoms with E-state index in [0.717, 1.165) is 5.57 Å². The zero-order valence-corrected chi connectivity index (χ0v) is 10.3. The van der Waals surface area contributed by atoms with Gasteiger partial charge in [0.25, 0.3) is 0 Å². The zero-order chi connectivity index (χ0) is 12.8. The van der Waals surface area contributed by atoms with Crippen molar-refractivity contribution >= 4 is 11.8 Å². The van der Waals surface area contributed by atoms with Crippen LogP contribution in [0.1, 0.15) is 13.3 Å². The van der Waals surface area contributed by atoms with Crippen LogP contribution in [0.25, 0.3) is 0 Å². The predicted molar refractivity (Wildman–Crippen MR) is 68.4 cm³/mol. The van der Waals surface area contributed by atoms with E-state index in [2.05, 4.69) is 0 Å². The summed E-state index contributed by atoms with van der Waals surface area (Å²) < 4.78 is 0. The molecule has 1 spiro atoms. The van der Waals surface area contributed by atoms with Crippen LogP contribution in [0.3, 0.4) is 0 Å². The smallest absolute Gasteiger partial charge is 0.244 e. The molecular formula is C15H15NO2. The fourth-order valence-electron chi connectivity index (χ4n) is 3.11. The molecule has 3 rings (SSSR count). The van der Waals surface area contributed by atoms with Gasteiger partial charge in [0.05, 0.1) is 5.41 Å². The number of allylic oxidation sites excluding steroid dienone is 6. The minimum atomic E-state index is -0.645. The van der Waals surface area contributed by atoms with Crippen LogP contribution < -0.4 is 0 Å². The third-order valence-electron chi connectivity index (χ3n) is 4.04. The van der Waals surface area contributed by atoms with Crippen LogP contribution in [0, 0.1) is 11.3 Å². The maximum absolute atomic E-state index is 12.7. The van der Waals surface area contributed by atoms with Crippen molar-refractivity contribution in [3.63, 3.8) is 0 Å². The second-order valence-electron chi connectivity index (χ2n) is 4.85. The Hall–Kier alpha value is -1.90. The Kier molecular flexibility index (Phi) is 2.37. The topological polar surface area (TPSA) is 37.4 Å². The van der Waals surface area contributed by atoms with Crippen LogP contribution in [-0.4, -0.2) is 23.3 Å². The molecule has 18 heavy (non-hydrogen) atoms. The van der Waals surface area contributed by atoms with Crippen molar-refractivity contribution in [2.45, 2.75) is 13.3 Å². The van der Waals surface area contributed by atoms with E-state index < -0.39 is 5.41 Å². The largest absolute Gasteiger partial charge is 0.282 e. The number of carbonyl (C=O) groups is 2. The van der Waals surface area contributed by atoms with Gasteiger partial charge in [-0.2, -0.15) is 0 Å². The van der Waals surface area contributed by atoms with Crippen LogP contribution in [0.4, 0.5) is 0 Å². The lowest BCUT2D eigenvalue weighted by Gasteiger charge is -2.46. The molecule has 3 nitrogen and oxygen atoms in total. The number of amides is 2. The van der Waals surface area contributed by atoms with Crippen molar-refractivity contribution in [3.8, 4) is 0 Å². The average molecular weight is 241 g/mol. The lowest BCUT2D eigenvalue weighted by molar-refractivity contribution is -0.155. The Bertz CT molecular complexity index is 539. The molecule has 2 atom stereocenters. The molecule has 2 aliphatic carbocycles. The number of likely N-dealkylation sites (tertiary alicyclic amines) is 1. The highest BCUT2D eigenvalue weighted by Crippen LogP contribution is 2.49. The highest BCUT2D eigenvalue weighted by atomic mass is 16.2. The van der Waals surface area contributed by atoms with Crippen molar-refractivity contribution in [1.29, 1.82) is 0 Å². The van der Waals surface area contributed by atoms with E-state index in [9.17, 15) is 9.59 Å². The van der Waals surface area contributed by atoms with Gasteiger partial charge in [-0.3, -0.25) is 14.5 Å². The van der Waals surface area contributed by atoms with E-state index in [-0.39, 0.29) is 17.7 Å². The molecule has 0 aromatic rings. The van der Waals surface area contributed by atoms with Gasteiger partial charge in [0.2, 0.25) is 11.8 Å².